The Balaban J connectivity index is 1.75. The molecule has 29 heavy (non-hydrogen) atoms. The van der Waals surface area contributed by atoms with Crippen LogP contribution in [0.15, 0.2) is 92.7 Å². The van der Waals surface area contributed by atoms with Gasteiger partial charge in [0.25, 0.3) is 11.4 Å². The van der Waals surface area contributed by atoms with E-state index in [9.17, 15) is 4.79 Å². The van der Waals surface area contributed by atoms with Gasteiger partial charge in [0.15, 0.2) is 5.69 Å². The van der Waals surface area contributed by atoms with Crippen molar-refractivity contribution >= 4 is 26.7 Å². The van der Waals surface area contributed by atoms with Gasteiger partial charge in [0.1, 0.15) is 0 Å². The predicted octanol–water partition coefficient (Wildman–Crippen LogP) is 4.87. The minimum atomic E-state index is -0.207. The van der Waals surface area contributed by atoms with Crippen LogP contribution in [0.1, 0.15) is 0 Å². The zero-order valence-corrected chi connectivity index (χ0v) is 16.6. The number of nitrogens with zero attached hydrogens (tertiary/aromatic N) is 4. The van der Waals surface area contributed by atoms with E-state index in [0.29, 0.717) is 28.0 Å². The largest absolute Gasteiger partial charge is 0.332 e. The lowest BCUT2D eigenvalue weighted by Gasteiger charge is -2.08. The van der Waals surface area contributed by atoms with Crippen LogP contribution in [0.3, 0.4) is 0 Å². The fourth-order valence-electron chi connectivity index (χ4n) is 3.16. The van der Waals surface area contributed by atoms with E-state index < -0.39 is 0 Å². The summed E-state index contributed by atoms with van der Waals surface area (Å²) in [5, 5.41) is 9.87. The SMILES string of the molecule is O=c1c2ccccc2c(-c2nc(-c3ccccc3Br)no2)nn1-c1ccccc1. The number of rotatable bonds is 3. The molecule has 2 heterocycles. The van der Waals surface area contributed by atoms with E-state index in [2.05, 4.69) is 31.2 Å². The Morgan fingerprint density at radius 2 is 1.52 bits per heavy atom. The number of benzene rings is 3. The summed E-state index contributed by atoms with van der Waals surface area (Å²) in [6.45, 7) is 0. The average molecular weight is 445 g/mol. The molecule has 5 aromatic rings. The first kappa shape index (κ1) is 17.5. The molecule has 0 saturated heterocycles. The highest BCUT2D eigenvalue weighted by Gasteiger charge is 2.19. The number of hydrogen-bond acceptors (Lipinski definition) is 5. The Morgan fingerprint density at radius 1 is 0.828 bits per heavy atom. The molecule has 0 spiro atoms. The normalized spacial score (nSPS) is 11.1. The predicted molar refractivity (Wildman–Crippen MR) is 114 cm³/mol. The maximum atomic E-state index is 13.0. The van der Waals surface area contributed by atoms with E-state index >= 15 is 0 Å². The van der Waals surface area contributed by atoms with Crippen LogP contribution in [0.4, 0.5) is 0 Å². The van der Waals surface area contributed by atoms with Gasteiger partial charge in [-0.15, -0.1) is 0 Å². The number of para-hydroxylation sites is 1. The summed E-state index contributed by atoms with van der Waals surface area (Å²) in [6, 6.07) is 24.2. The van der Waals surface area contributed by atoms with Crippen molar-refractivity contribution in [2.75, 3.05) is 0 Å². The molecule has 0 atom stereocenters. The second kappa shape index (κ2) is 7.10. The first-order chi connectivity index (χ1) is 14.2. The standard InChI is InChI=1S/C22H13BrN4O2/c23-18-13-7-6-12-17(18)20-24-21(29-26-20)19-15-10-4-5-11-16(15)22(28)27(25-19)14-8-2-1-3-9-14/h1-13H. The molecular weight excluding hydrogens is 432 g/mol. The molecule has 5 rings (SSSR count). The summed E-state index contributed by atoms with van der Waals surface area (Å²) in [5.74, 6) is 0.687. The van der Waals surface area contributed by atoms with Crippen molar-refractivity contribution in [1.82, 2.24) is 19.9 Å². The highest BCUT2D eigenvalue weighted by atomic mass is 79.9. The summed E-state index contributed by atoms with van der Waals surface area (Å²) in [7, 11) is 0. The average Bonchev–Trinajstić information content (AvgIpc) is 3.25. The lowest BCUT2D eigenvalue weighted by atomic mass is 10.1. The third-order valence-corrected chi connectivity index (χ3v) is 5.24. The molecule has 0 aliphatic rings. The quantitative estimate of drug-likeness (QED) is 0.397. The Labute approximate surface area is 173 Å². The van der Waals surface area contributed by atoms with E-state index in [1.165, 1.54) is 4.68 Å². The van der Waals surface area contributed by atoms with Crippen molar-refractivity contribution in [3.63, 3.8) is 0 Å². The minimum absolute atomic E-state index is 0.207. The van der Waals surface area contributed by atoms with Gasteiger partial charge in [0, 0.05) is 15.4 Å². The smallest absolute Gasteiger partial charge is 0.279 e. The minimum Gasteiger partial charge on any atom is -0.332 e. The second-order valence-corrected chi connectivity index (χ2v) is 7.20. The van der Waals surface area contributed by atoms with Crippen LogP contribution in [-0.2, 0) is 0 Å². The van der Waals surface area contributed by atoms with Crippen LogP contribution >= 0.6 is 15.9 Å². The molecule has 2 aromatic heterocycles. The van der Waals surface area contributed by atoms with Crippen LogP contribution < -0.4 is 5.56 Å². The molecule has 0 aliphatic carbocycles. The first-order valence-electron chi connectivity index (χ1n) is 8.89. The van der Waals surface area contributed by atoms with Gasteiger partial charge in [-0.1, -0.05) is 69.6 Å². The molecule has 0 unspecified atom stereocenters. The second-order valence-electron chi connectivity index (χ2n) is 6.35. The zero-order chi connectivity index (χ0) is 19.8. The van der Waals surface area contributed by atoms with Crippen LogP contribution in [0, 0.1) is 0 Å². The molecule has 0 radical (unpaired) electrons. The van der Waals surface area contributed by atoms with Crippen LogP contribution in [0.25, 0.3) is 39.4 Å². The summed E-state index contributed by atoms with van der Waals surface area (Å²) in [4.78, 5) is 17.6. The maximum absolute atomic E-state index is 13.0. The Bertz CT molecular complexity index is 1390. The van der Waals surface area contributed by atoms with Gasteiger partial charge in [0.2, 0.25) is 5.82 Å². The van der Waals surface area contributed by atoms with Gasteiger partial charge in [0.05, 0.1) is 11.1 Å². The van der Waals surface area contributed by atoms with Crippen molar-refractivity contribution in [2.45, 2.75) is 0 Å². The van der Waals surface area contributed by atoms with Crippen LogP contribution in [0.2, 0.25) is 0 Å². The van der Waals surface area contributed by atoms with Gasteiger partial charge in [-0.3, -0.25) is 4.79 Å². The van der Waals surface area contributed by atoms with E-state index in [-0.39, 0.29) is 11.4 Å². The van der Waals surface area contributed by atoms with Crippen molar-refractivity contribution in [1.29, 1.82) is 0 Å². The van der Waals surface area contributed by atoms with Crippen LogP contribution in [-0.4, -0.2) is 19.9 Å². The number of aromatic nitrogens is 4. The van der Waals surface area contributed by atoms with Crippen LogP contribution in [0.5, 0.6) is 0 Å². The molecule has 6 nitrogen and oxygen atoms in total. The molecule has 140 valence electrons. The summed E-state index contributed by atoms with van der Waals surface area (Å²) in [5.41, 5.74) is 1.72. The van der Waals surface area contributed by atoms with Gasteiger partial charge < -0.3 is 4.52 Å². The number of halogens is 1. The molecule has 3 aromatic carbocycles. The molecule has 0 aliphatic heterocycles. The molecule has 0 fully saturated rings. The Morgan fingerprint density at radius 3 is 2.31 bits per heavy atom. The van der Waals surface area contributed by atoms with Gasteiger partial charge in [-0.2, -0.15) is 14.8 Å². The summed E-state index contributed by atoms with van der Waals surface area (Å²) >= 11 is 3.51. The summed E-state index contributed by atoms with van der Waals surface area (Å²) < 4.78 is 7.76. The number of hydrogen-bond donors (Lipinski definition) is 0. The van der Waals surface area contributed by atoms with Crippen molar-refractivity contribution < 1.29 is 4.52 Å². The topological polar surface area (TPSA) is 73.8 Å². The van der Waals surface area contributed by atoms with Crippen molar-refractivity contribution in [3.05, 3.63) is 93.7 Å². The van der Waals surface area contributed by atoms with E-state index in [4.69, 9.17) is 4.52 Å². The Hall–Kier alpha value is -3.58. The molecule has 7 heteroatoms. The van der Waals surface area contributed by atoms with Gasteiger partial charge in [-0.25, -0.2) is 0 Å². The molecule has 0 amide bonds. The third-order valence-electron chi connectivity index (χ3n) is 4.55. The molecule has 0 N–H and O–H groups in total. The lowest BCUT2D eigenvalue weighted by molar-refractivity contribution is 0.430. The monoisotopic (exact) mass is 444 g/mol. The van der Waals surface area contributed by atoms with Gasteiger partial charge in [-0.05, 0) is 30.3 Å². The van der Waals surface area contributed by atoms with Gasteiger partial charge >= 0.3 is 0 Å². The first-order valence-corrected chi connectivity index (χ1v) is 9.68. The fraction of sp³-hybridized carbons (Fsp3) is 0. The third kappa shape index (κ3) is 3.05. The molecular formula is C22H13BrN4O2. The summed E-state index contributed by atoms with van der Waals surface area (Å²) in [6.07, 6.45) is 0. The highest BCUT2D eigenvalue weighted by Crippen LogP contribution is 2.29. The zero-order valence-electron chi connectivity index (χ0n) is 15.0. The molecule has 0 bridgehead atoms. The highest BCUT2D eigenvalue weighted by molar-refractivity contribution is 9.10. The number of fused-ring (bicyclic) bond motifs is 1. The van der Waals surface area contributed by atoms with Crippen molar-refractivity contribution in [2.24, 2.45) is 0 Å². The molecule has 0 saturated carbocycles. The fourth-order valence-corrected chi connectivity index (χ4v) is 3.63. The Kier molecular flexibility index (Phi) is 4.29. The van der Waals surface area contributed by atoms with E-state index in [1.54, 1.807) is 6.07 Å². The van der Waals surface area contributed by atoms with Crippen molar-refractivity contribution in [3.8, 4) is 28.7 Å². The lowest BCUT2D eigenvalue weighted by Crippen LogP contribution is -2.22. The maximum Gasteiger partial charge on any atom is 0.279 e. The van der Waals surface area contributed by atoms with E-state index in [1.807, 2.05) is 72.8 Å². The van der Waals surface area contributed by atoms with E-state index in [0.717, 1.165) is 10.0 Å².